The monoisotopic (exact) mass is 293 g/mol. The first-order valence-corrected chi connectivity index (χ1v) is 7.33. The molecule has 3 rings (SSSR count). The highest BCUT2D eigenvalue weighted by molar-refractivity contribution is 5.43. The second kappa shape index (κ2) is 6.80. The summed E-state index contributed by atoms with van der Waals surface area (Å²) in [6.45, 7) is 1.35. The number of anilines is 1. The zero-order valence-electron chi connectivity index (χ0n) is 12.4. The molecule has 4 nitrogen and oxygen atoms in total. The normalized spacial score (nSPS) is 10.5. The minimum Gasteiger partial charge on any atom is -0.492 e. The van der Waals surface area contributed by atoms with Crippen molar-refractivity contribution < 1.29 is 4.74 Å². The van der Waals surface area contributed by atoms with Crippen molar-refractivity contribution in [1.82, 2.24) is 9.55 Å². The fourth-order valence-electron chi connectivity index (χ4n) is 2.36. The van der Waals surface area contributed by atoms with E-state index in [2.05, 4.69) is 21.7 Å². The molecule has 2 aromatic carbocycles. The quantitative estimate of drug-likeness (QED) is 0.710. The van der Waals surface area contributed by atoms with Gasteiger partial charge in [-0.3, -0.25) is 0 Å². The second-order valence-electron chi connectivity index (χ2n) is 5.12. The van der Waals surface area contributed by atoms with Crippen molar-refractivity contribution in [3.8, 4) is 5.75 Å². The Kier molecular flexibility index (Phi) is 4.39. The summed E-state index contributed by atoms with van der Waals surface area (Å²) in [6, 6.07) is 17.8. The molecule has 0 unspecified atom stereocenters. The van der Waals surface area contributed by atoms with Gasteiger partial charge in [0.05, 0.1) is 6.54 Å². The summed E-state index contributed by atoms with van der Waals surface area (Å²) >= 11 is 0. The van der Waals surface area contributed by atoms with Crippen LogP contribution >= 0.6 is 0 Å². The Morgan fingerprint density at radius 1 is 1.05 bits per heavy atom. The first-order valence-electron chi connectivity index (χ1n) is 7.33. The third-order valence-electron chi connectivity index (χ3n) is 3.47. The van der Waals surface area contributed by atoms with Crippen LogP contribution in [0.5, 0.6) is 5.75 Å². The van der Waals surface area contributed by atoms with Gasteiger partial charge in [0.25, 0.3) is 0 Å². The zero-order valence-corrected chi connectivity index (χ0v) is 12.4. The van der Waals surface area contributed by atoms with E-state index in [1.165, 1.54) is 5.56 Å². The van der Waals surface area contributed by atoms with Crippen molar-refractivity contribution in [2.45, 2.75) is 13.0 Å². The van der Waals surface area contributed by atoms with Crippen LogP contribution in [0.15, 0.2) is 67.0 Å². The Hall–Kier alpha value is -2.75. The highest BCUT2D eigenvalue weighted by atomic mass is 16.5. The topological polar surface area (TPSA) is 53.1 Å². The van der Waals surface area contributed by atoms with Crippen molar-refractivity contribution in [3.63, 3.8) is 0 Å². The minimum atomic E-state index is 0.585. The number of ether oxygens (including phenoxy) is 1. The van der Waals surface area contributed by atoms with Crippen LogP contribution in [0.1, 0.15) is 11.4 Å². The molecule has 0 radical (unpaired) electrons. The number of nitrogens with two attached hydrogens (primary N) is 1. The summed E-state index contributed by atoms with van der Waals surface area (Å²) in [6.07, 6.45) is 4.64. The number of benzene rings is 2. The molecule has 22 heavy (non-hydrogen) atoms. The average Bonchev–Trinajstić information content (AvgIpc) is 2.96. The fourth-order valence-corrected chi connectivity index (χ4v) is 2.36. The molecule has 2 N–H and O–H groups in total. The largest absolute Gasteiger partial charge is 0.492 e. The van der Waals surface area contributed by atoms with Gasteiger partial charge in [0.15, 0.2) is 0 Å². The summed E-state index contributed by atoms with van der Waals surface area (Å²) in [7, 11) is 0. The number of nitrogen functional groups attached to an aromatic ring is 1. The van der Waals surface area contributed by atoms with Gasteiger partial charge >= 0.3 is 0 Å². The van der Waals surface area contributed by atoms with Crippen LogP contribution in [-0.2, 0) is 13.0 Å². The summed E-state index contributed by atoms with van der Waals surface area (Å²) < 4.78 is 7.86. The molecule has 0 bridgehead atoms. The Morgan fingerprint density at radius 3 is 2.73 bits per heavy atom. The Morgan fingerprint density at radius 2 is 1.91 bits per heavy atom. The van der Waals surface area contributed by atoms with Crippen molar-refractivity contribution in [2.75, 3.05) is 12.3 Å². The summed E-state index contributed by atoms with van der Waals surface area (Å²) in [4.78, 5) is 4.44. The predicted molar refractivity (Wildman–Crippen MR) is 87.8 cm³/mol. The third-order valence-corrected chi connectivity index (χ3v) is 3.47. The predicted octanol–water partition coefficient (Wildman–Crippen LogP) is 3.14. The van der Waals surface area contributed by atoms with Crippen LogP contribution in [0.3, 0.4) is 0 Å². The average molecular weight is 293 g/mol. The molecule has 0 aliphatic rings. The van der Waals surface area contributed by atoms with Gasteiger partial charge in [-0.1, -0.05) is 36.4 Å². The minimum absolute atomic E-state index is 0.585. The molecule has 0 saturated carbocycles. The smallest absolute Gasteiger partial charge is 0.121 e. The lowest BCUT2D eigenvalue weighted by Gasteiger charge is -2.10. The third kappa shape index (κ3) is 3.67. The molecule has 0 aliphatic carbocycles. The molecular weight excluding hydrogens is 274 g/mol. The molecule has 0 atom stereocenters. The molecular formula is C18H19N3O. The van der Waals surface area contributed by atoms with E-state index < -0.39 is 0 Å². The molecule has 4 heteroatoms. The standard InChI is InChI=1S/C18H19N3O/c19-16-7-4-8-17(14-16)22-12-11-21-10-9-20-18(21)13-15-5-2-1-3-6-15/h1-10,14H,11-13,19H2. The highest BCUT2D eigenvalue weighted by Gasteiger charge is 2.04. The lowest BCUT2D eigenvalue weighted by molar-refractivity contribution is 0.296. The number of nitrogens with zero attached hydrogens (tertiary/aromatic N) is 2. The highest BCUT2D eigenvalue weighted by Crippen LogP contribution is 2.14. The van der Waals surface area contributed by atoms with E-state index >= 15 is 0 Å². The Labute approximate surface area is 130 Å². The van der Waals surface area contributed by atoms with E-state index in [9.17, 15) is 0 Å². The summed E-state index contributed by atoms with van der Waals surface area (Å²) in [5.41, 5.74) is 7.71. The molecule has 0 amide bonds. The number of imidazole rings is 1. The lowest BCUT2D eigenvalue weighted by Crippen LogP contribution is -2.11. The van der Waals surface area contributed by atoms with Gasteiger partial charge in [0, 0.05) is 30.6 Å². The number of aromatic nitrogens is 2. The number of hydrogen-bond donors (Lipinski definition) is 1. The number of rotatable bonds is 6. The van der Waals surface area contributed by atoms with Crippen LogP contribution in [0, 0.1) is 0 Å². The van der Waals surface area contributed by atoms with E-state index in [1.807, 2.05) is 54.9 Å². The molecule has 0 spiro atoms. The van der Waals surface area contributed by atoms with Crippen LogP contribution in [-0.4, -0.2) is 16.2 Å². The molecule has 0 saturated heterocycles. The Bertz CT molecular complexity index is 722. The second-order valence-corrected chi connectivity index (χ2v) is 5.12. The number of hydrogen-bond acceptors (Lipinski definition) is 3. The maximum absolute atomic E-state index is 5.74. The van der Waals surface area contributed by atoms with Crippen LogP contribution in [0.4, 0.5) is 5.69 Å². The molecule has 3 aromatic rings. The first kappa shape index (κ1) is 14.2. The van der Waals surface area contributed by atoms with Crippen molar-refractivity contribution >= 4 is 5.69 Å². The summed E-state index contributed by atoms with van der Waals surface area (Å²) in [5.74, 6) is 1.84. The van der Waals surface area contributed by atoms with Gasteiger partial charge in [0.2, 0.25) is 0 Å². The maximum Gasteiger partial charge on any atom is 0.121 e. The van der Waals surface area contributed by atoms with Crippen molar-refractivity contribution in [1.29, 1.82) is 0 Å². The van der Waals surface area contributed by atoms with E-state index in [0.717, 1.165) is 24.5 Å². The van der Waals surface area contributed by atoms with Gasteiger partial charge in [-0.2, -0.15) is 0 Å². The molecule has 1 heterocycles. The van der Waals surface area contributed by atoms with Crippen LogP contribution in [0.2, 0.25) is 0 Å². The zero-order chi connectivity index (χ0) is 15.2. The van der Waals surface area contributed by atoms with E-state index in [4.69, 9.17) is 10.5 Å². The van der Waals surface area contributed by atoms with E-state index in [0.29, 0.717) is 12.3 Å². The fraction of sp³-hybridized carbons (Fsp3) is 0.167. The van der Waals surface area contributed by atoms with Gasteiger partial charge in [-0.15, -0.1) is 0 Å². The maximum atomic E-state index is 5.74. The van der Waals surface area contributed by atoms with Gasteiger partial charge in [-0.05, 0) is 17.7 Å². The Balaban J connectivity index is 1.58. The van der Waals surface area contributed by atoms with Gasteiger partial charge < -0.3 is 15.0 Å². The van der Waals surface area contributed by atoms with E-state index in [-0.39, 0.29) is 0 Å². The van der Waals surface area contributed by atoms with Crippen LogP contribution < -0.4 is 10.5 Å². The van der Waals surface area contributed by atoms with Crippen molar-refractivity contribution in [2.24, 2.45) is 0 Å². The van der Waals surface area contributed by atoms with Gasteiger partial charge in [0.1, 0.15) is 18.2 Å². The summed E-state index contributed by atoms with van der Waals surface area (Å²) in [5, 5.41) is 0. The van der Waals surface area contributed by atoms with E-state index in [1.54, 1.807) is 0 Å². The molecule has 0 fully saturated rings. The van der Waals surface area contributed by atoms with Crippen molar-refractivity contribution in [3.05, 3.63) is 78.4 Å². The van der Waals surface area contributed by atoms with Gasteiger partial charge in [-0.25, -0.2) is 4.98 Å². The lowest BCUT2D eigenvalue weighted by atomic mass is 10.1. The SMILES string of the molecule is Nc1cccc(OCCn2ccnc2Cc2ccccc2)c1. The first-order chi connectivity index (χ1) is 10.8. The van der Waals surface area contributed by atoms with Crippen LogP contribution in [0.25, 0.3) is 0 Å². The molecule has 1 aromatic heterocycles. The molecule has 112 valence electrons. The molecule has 0 aliphatic heterocycles.